The van der Waals surface area contributed by atoms with E-state index in [1.807, 2.05) is 37.3 Å². The molecule has 0 aliphatic carbocycles. The maximum absolute atomic E-state index is 12.7. The van der Waals surface area contributed by atoms with Crippen molar-refractivity contribution in [2.45, 2.75) is 26.7 Å². The van der Waals surface area contributed by atoms with Gasteiger partial charge in [0.05, 0.1) is 5.92 Å². The molecule has 1 unspecified atom stereocenters. The van der Waals surface area contributed by atoms with E-state index in [1.165, 1.54) is 12.5 Å². The highest BCUT2D eigenvalue weighted by atomic mass is 16.2. The summed E-state index contributed by atoms with van der Waals surface area (Å²) in [5.74, 6) is -0.687. The van der Waals surface area contributed by atoms with Gasteiger partial charge in [-0.2, -0.15) is 0 Å². The van der Waals surface area contributed by atoms with Crippen molar-refractivity contribution in [3.63, 3.8) is 0 Å². The number of anilines is 2. The Morgan fingerprint density at radius 3 is 2.39 bits per heavy atom. The molecule has 1 aliphatic heterocycles. The van der Waals surface area contributed by atoms with Gasteiger partial charge in [0.15, 0.2) is 0 Å². The van der Waals surface area contributed by atoms with E-state index in [2.05, 4.69) is 10.6 Å². The van der Waals surface area contributed by atoms with Gasteiger partial charge < -0.3 is 15.5 Å². The summed E-state index contributed by atoms with van der Waals surface area (Å²) in [5, 5.41) is 5.66. The Kier molecular flexibility index (Phi) is 6.09. The van der Waals surface area contributed by atoms with Crippen LogP contribution in [-0.2, 0) is 20.8 Å². The summed E-state index contributed by atoms with van der Waals surface area (Å²) in [5.41, 5.74) is 3.27. The third-order valence-electron chi connectivity index (χ3n) is 5.00. The lowest BCUT2D eigenvalue weighted by Crippen LogP contribution is -2.30. The SMILES string of the molecule is CC(=O)Nc1cccc(NC(=O)C2CC(=O)N(CCc3ccccc3)C2)c1C. The number of carbonyl (C=O) groups excluding carboxylic acids is 3. The predicted octanol–water partition coefficient (Wildman–Crippen LogP) is 2.98. The summed E-state index contributed by atoms with van der Waals surface area (Å²) in [6.45, 7) is 4.33. The first-order valence-corrected chi connectivity index (χ1v) is 9.44. The first-order valence-electron chi connectivity index (χ1n) is 9.44. The minimum atomic E-state index is -0.368. The summed E-state index contributed by atoms with van der Waals surface area (Å²) >= 11 is 0. The van der Waals surface area contributed by atoms with E-state index < -0.39 is 0 Å². The molecule has 28 heavy (non-hydrogen) atoms. The average molecular weight is 379 g/mol. The summed E-state index contributed by atoms with van der Waals surface area (Å²) in [6.07, 6.45) is 1.00. The van der Waals surface area contributed by atoms with Crippen LogP contribution >= 0.6 is 0 Å². The van der Waals surface area contributed by atoms with Crippen LogP contribution in [0.25, 0.3) is 0 Å². The number of nitrogens with zero attached hydrogens (tertiary/aromatic N) is 1. The topological polar surface area (TPSA) is 78.5 Å². The lowest BCUT2D eigenvalue weighted by atomic mass is 10.1. The predicted molar refractivity (Wildman–Crippen MR) is 109 cm³/mol. The number of hydrogen-bond donors (Lipinski definition) is 2. The second-order valence-corrected chi connectivity index (χ2v) is 7.12. The van der Waals surface area contributed by atoms with Crippen LogP contribution < -0.4 is 10.6 Å². The molecule has 2 aromatic rings. The molecule has 0 saturated carbocycles. The molecule has 1 saturated heterocycles. The Hall–Kier alpha value is -3.15. The van der Waals surface area contributed by atoms with Gasteiger partial charge in [-0.3, -0.25) is 14.4 Å². The zero-order valence-electron chi connectivity index (χ0n) is 16.2. The van der Waals surface area contributed by atoms with Crippen molar-refractivity contribution in [2.24, 2.45) is 5.92 Å². The van der Waals surface area contributed by atoms with Crippen LogP contribution in [0.1, 0.15) is 24.5 Å². The van der Waals surface area contributed by atoms with E-state index in [4.69, 9.17) is 0 Å². The molecule has 0 aromatic heterocycles. The Morgan fingerprint density at radius 1 is 1.04 bits per heavy atom. The van der Waals surface area contributed by atoms with E-state index in [0.717, 1.165) is 12.0 Å². The summed E-state index contributed by atoms with van der Waals surface area (Å²) < 4.78 is 0. The van der Waals surface area contributed by atoms with Gasteiger partial charge >= 0.3 is 0 Å². The largest absolute Gasteiger partial charge is 0.342 e. The van der Waals surface area contributed by atoms with Crippen LogP contribution in [-0.4, -0.2) is 35.7 Å². The molecule has 1 fully saturated rings. The fraction of sp³-hybridized carbons (Fsp3) is 0.318. The molecule has 6 heteroatoms. The van der Waals surface area contributed by atoms with E-state index in [1.54, 1.807) is 23.1 Å². The Labute approximate surface area is 164 Å². The van der Waals surface area contributed by atoms with Gasteiger partial charge in [0.1, 0.15) is 0 Å². The summed E-state index contributed by atoms with van der Waals surface area (Å²) in [7, 11) is 0. The standard InChI is InChI=1S/C22H25N3O3/c1-15-19(23-16(2)26)9-6-10-20(15)24-22(28)18-13-21(27)25(14-18)12-11-17-7-4-3-5-8-17/h3-10,18H,11-14H2,1-2H3,(H,23,26)(H,24,28). The lowest BCUT2D eigenvalue weighted by molar-refractivity contribution is -0.128. The highest BCUT2D eigenvalue weighted by molar-refractivity contribution is 5.99. The number of rotatable bonds is 6. The molecule has 3 amide bonds. The lowest BCUT2D eigenvalue weighted by Gasteiger charge is -2.17. The monoisotopic (exact) mass is 379 g/mol. The van der Waals surface area contributed by atoms with Gasteiger partial charge in [0, 0.05) is 37.8 Å². The van der Waals surface area contributed by atoms with Gasteiger partial charge in [-0.05, 0) is 36.6 Å². The van der Waals surface area contributed by atoms with E-state index in [9.17, 15) is 14.4 Å². The van der Waals surface area contributed by atoms with Gasteiger partial charge in [0.2, 0.25) is 17.7 Å². The molecule has 1 aliphatic rings. The smallest absolute Gasteiger partial charge is 0.229 e. The average Bonchev–Trinajstić information content (AvgIpc) is 3.05. The summed E-state index contributed by atoms with van der Waals surface area (Å²) in [4.78, 5) is 38.1. The van der Waals surface area contributed by atoms with Crippen LogP contribution in [0.15, 0.2) is 48.5 Å². The molecule has 0 radical (unpaired) electrons. The maximum Gasteiger partial charge on any atom is 0.229 e. The first kappa shape index (κ1) is 19.6. The van der Waals surface area contributed by atoms with Crippen LogP contribution in [0.4, 0.5) is 11.4 Å². The number of amides is 3. The third-order valence-corrected chi connectivity index (χ3v) is 5.00. The van der Waals surface area contributed by atoms with E-state index in [-0.39, 0.29) is 30.1 Å². The van der Waals surface area contributed by atoms with Crippen molar-refractivity contribution in [1.29, 1.82) is 0 Å². The fourth-order valence-electron chi connectivity index (χ4n) is 3.40. The van der Waals surface area contributed by atoms with Crippen LogP contribution in [0.3, 0.4) is 0 Å². The van der Waals surface area contributed by atoms with E-state index in [0.29, 0.717) is 24.5 Å². The molecular formula is C22H25N3O3. The maximum atomic E-state index is 12.7. The highest BCUT2D eigenvalue weighted by Gasteiger charge is 2.34. The fourth-order valence-corrected chi connectivity index (χ4v) is 3.40. The first-order chi connectivity index (χ1) is 13.4. The number of carbonyl (C=O) groups is 3. The zero-order valence-corrected chi connectivity index (χ0v) is 16.2. The van der Waals surface area contributed by atoms with Crippen LogP contribution in [0.5, 0.6) is 0 Å². The molecule has 3 rings (SSSR count). The molecule has 2 N–H and O–H groups in total. The molecule has 0 spiro atoms. The van der Waals surface area contributed by atoms with Gasteiger partial charge in [-0.15, -0.1) is 0 Å². The second-order valence-electron chi connectivity index (χ2n) is 7.12. The number of likely N-dealkylation sites (tertiary alicyclic amines) is 1. The number of nitrogens with one attached hydrogen (secondary N) is 2. The van der Waals surface area contributed by atoms with Crippen molar-refractivity contribution in [1.82, 2.24) is 4.90 Å². The quantitative estimate of drug-likeness (QED) is 0.810. The molecule has 2 aromatic carbocycles. The van der Waals surface area contributed by atoms with Crippen LogP contribution in [0, 0.1) is 12.8 Å². The molecule has 1 heterocycles. The van der Waals surface area contributed by atoms with E-state index >= 15 is 0 Å². The Morgan fingerprint density at radius 2 is 1.71 bits per heavy atom. The molecular weight excluding hydrogens is 354 g/mol. The minimum absolute atomic E-state index is 0.0137. The summed E-state index contributed by atoms with van der Waals surface area (Å²) in [6, 6.07) is 15.4. The van der Waals surface area contributed by atoms with Crippen LogP contribution in [0.2, 0.25) is 0 Å². The van der Waals surface area contributed by atoms with Gasteiger partial charge in [-0.1, -0.05) is 36.4 Å². The van der Waals surface area contributed by atoms with Gasteiger partial charge in [-0.25, -0.2) is 0 Å². The van der Waals surface area contributed by atoms with Gasteiger partial charge in [0.25, 0.3) is 0 Å². The molecule has 146 valence electrons. The normalized spacial score (nSPS) is 16.1. The van der Waals surface area contributed by atoms with Crippen molar-refractivity contribution in [3.05, 3.63) is 59.7 Å². The molecule has 1 atom stereocenters. The Balaban J connectivity index is 1.59. The highest BCUT2D eigenvalue weighted by Crippen LogP contribution is 2.26. The third kappa shape index (κ3) is 4.76. The zero-order chi connectivity index (χ0) is 20.1. The second kappa shape index (κ2) is 8.69. The minimum Gasteiger partial charge on any atom is -0.342 e. The van der Waals surface area contributed by atoms with Crippen molar-refractivity contribution in [3.8, 4) is 0 Å². The van der Waals surface area contributed by atoms with Crippen molar-refractivity contribution < 1.29 is 14.4 Å². The van der Waals surface area contributed by atoms with Crippen molar-refractivity contribution in [2.75, 3.05) is 23.7 Å². The number of benzene rings is 2. The molecule has 0 bridgehead atoms. The molecule has 6 nitrogen and oxygen atoms in total. The number of hydrogen-bond acceptors (Lipinski definition) is 3. The Bertz CT molecular complexity index is 880. The van der Waals surface area contributed by atoms with Crippen molar-refractivity contribution >= 4 is 29.1 Å².